The highest BCUT2D eigenvalue weighted by atomic mass is 79.9. The summed E-state index contributed by atoms with van der Waals surface area (Å²) in [4.78, 5) is 8.78. The Labute approximate surface area is 114 Å². The van der Waals surface area contributed by atoms with Crippen molar-refractivity contribution in [2.45, 2.75) is 19.8 Å². The Bertz CT molecular complexity index is 523. The molecule has 0 aliphatic carbocycles. The summed E-state index contributed by atoms with van der Waals surface area (Å²) in [6.45, 7) is 4.17. The van der Waals surface area contributed by atoms with Crippen LogP contribution >= 0.6 is 27.5 Å². The molecule has 88 valence electrons. The van der Waals surface area contributed by atoms with Gasteiger partial charge in [0.05, 0.1) is 0 Å². The first kappa shape index (κ1) is 12.5. The van der Waals surface area contributed by atoms with Gasteiger partial charge in [0, 0.05) is 15.7 Å². The lowest BCUT2D eigenvalue weighted by atomic mass is 10.1. The van der Waals surface area contributed by atoms with Crippen LogP contribution in [0.1, 0.15) is 25.5 Å². The molecule has 0 saturated heterocycles. The van der Waals surface area contributed by atoms with Crippen LogP contribution in [0.3, 0.4) is 0 Å². The molecule has 0 fully saturated rings. The van der Waals surface area contributed by atoms with Crippen molar-refractivity contribution in [2.75, 3.05) is 0 Å². The highest BCUT2D eigenvalue weighted by Crippen LogP contribution is 2.23. The molecule has 2 rings (SSSR count). The molecule has 0 bridgehead atoms. The van der Waals surface area contributed by atoms with Gasteiger partial charge in [0.15, 0.2) is 5.82 Å². The molecule has 0 spiro atoms. The van der Waals surface area contributed by atoms with Gasteiger partial charge < -0.3 is 0 Å². The van der Waals surface area contributed by atoms with Gasteiger partial charge in [-0.05, 0) is 24.1 Å². The van der Waals surface area contributed by atoms with Gasteiger partial charge in [-0.15, -0.1) is 0 Å². The molecule has 2 aromatic rings. The average molecular weight is 312 g/mol. The third-order valence-corrected chi connectivity index (χ3v) is 3.13. The van der Waals surface area contributed by atoms with Crippen molar-refractivity contribution in [1.29, 1.82) is 0 Å². The van der Waals surface area contributed by atoms with E-state index in [9.17, 15) is 0 Å². The van der Waals surface area contributed by atoms with E-state index in [0.717, 1.165) is 15.7 Å². The molecular weight excluding hydrogens is 300 g/mol. The average Bonchev–Trinajstić information content (AvgIpc) is 2.29. The van der Waals surface area contributed by atoms with E-state index in [-0.39, 0.29) is 0 Å². The summed E-state index contributed by atoms with van der Waals surface area (Å²) in [6, 6.07) is 9.69. The lowest BCUT2D eigenvalue weighted by Crippen LogP contribution is -1.97. The van der Waals surface area contributed by atoms with Crippen LogP contribution in [0.2, 0.25) is 5.15 Å². The van der Waals surface area contributed by atoms with E-state index >= 15 is 0 Å². The highest BCUT2D eigenvalue weighted by molar-refractivity contribution is 9.10. The van der Waals surface area contributed by atoms with E-state index in [0.29, 0.717) is 16.9 Å². The molecule has 0 unspecified atom stereocenters. The molecule has 4 heteroatoms. The summed E-state index contributed by atoms with van der Waals surface area (Å²) in [6.07, 6.45) is 0. The monoisotopic (exact) mass is 310 g/mol. The molecular formula is C13H12BrClN2. The fourth-order valence-corrected chi connectivity index (χ4v) is 1.92. The Morgan fingerprint density at radius 2 is 1.76 bits per heavy atom. The molecule has 1 aromatic heterocycles. The van der Waals surface area contributed by atoms with Crippen LogP contribution in [0.25, 0.3) is 11.4 Å². The van der Waals surface area contributed by atoms with Gasteiger partial charge in [-0.3, -0.25) is 0 Å². The van der Waals surface area contributed by atoms with E-state index in [4.69, 9.17) is 11.6 Å². The fraction of sp³-hybridized carbons (Fsp3) is 0.231. The maximum atomic E-state index is 6.01. The minimum Gasteiger partial charge on any atom is -0.233 e. The Kier molecular flexibility index (Phi) is 3.79. The number of benzene rings is 1. The lowest BCUT2D eigenvalue weighted by molar-refractivity contribution is 0.817. The van der Waals surface area contributed by atoms with Gasteiger partial charge in [0.2, 0.25) is 0 Å². The topological polar surface area (TPSA) is 25.8 Å². The molecule has 0 atom stereocenters. The number of hydrogen-bond donors (Lipinski definition) is 0. The first-order chi connectivity index (χ1) is 8.06. The van der Waals surface area contributed by atoms with E-state index in [1.807, 2.05) is 30.3 Å². The second-order valence-electron chi connectivity index (χ2n) is 4.10. The summed E-state index contributed by atoms with van der Waals surface area (Å²) in [7, 11) is 0. The normalized spacial score (nSPS) is 10.9. The highest BCUT2D eigenvalue weighted by Gasteiger charge is 2.08. The molecule has 1 aromatic carbocycles. The zero-order valence-corrected chi connectivity index (χ0v) is 12.0. The zero-order valence-electron chi connectivity index (χ0n) is 9.61. The smallest absolute Gasteiger partial charge is 0.161 e. The van der Waals surface area contributed by atoms with Crippen molar-refractivity contribution in [3.05, 3.63) is 45.7 Å². The van der Waals surface area contributed by atoms with Crippen molar-refractivity contribution in [1.82, 2.24) is 9.97 Å². The minimum absolute atomic E-state index is 0.338. The van der Waals surface area contributed by atoms with Gasteiger partial charge in [0.25, 0.3) is 0 Å². The molecule has 0 radical (unpaired) electrons. The van der Waals surface area contributed by atoms with Crippen molar-refractivity contribution in [3.63, 3.8) is 0 Å². The Hall–Kier alpha value is -0.930. The molecule has 1 heterocycles. The van der Waals surface area contributed by atoms with Gasteiger partial charge in [-0.25, -0.2) is 9.97 Å². The van der Waals surface area contributed by atoms with Crippen molar-refractivity contribution in [2.24, 2.45) is 0 Å². The summed E-state index contributed by atoms with van der Waals surface area (Å²) in [5.41, 5.74) is 1.93. The molecule has 0 aliphatic rings. The lowest BCUT2D eigenvalue weighted by Gasteiger charge is -2.07. The Balaban J connectivity index is 2.48. The first-order valence-electron chi connectivity index (χ1n) is 5.36. The van der Waals surface area contributed by atoms with Crippen molar-refractivity contribution < 1.29 is 0 Å². The quantitative estimate of drug-likeness (QED) is 0.752. The summed E-state index contributed by atoms with van der Waals surface area (Å²) in [5, 5.41) is 0.488. The third-order valence-electron chi connectivity index (χ3n) is 2.41. The summed E-state index contributed by atoms with van der Waals surface area (Å²) in [5.74, 6) is 1.01. The second kappa shape index (κ2) is 5.15. The number of nitrogens with zero attached hydrogens (tertiary/aromatic N) is 2. The molecule has 0 aliphatic heterocycles. The largest absolute Gasteiger partial charge is 0.233 e. The van der Waals surface area contributed by atoms with Crippen LogP contribution in [-0.2, 0) is 0 Å². The Morgan fingerprint density at radius 1 is 1.12 bits per heavy atom. The fourth-order valence-electron chi connectivity index (χ4n) is 1.46. The predicted molar refractivity (Wildman–Crippen MR) is 74.3 cm³/mol. The maximum Gasteiger partial charge on any atom is 0.161 e. The number of aromatic nitrogens is 2. The molecule has 0 saturated carbocycles. The van der Waals surface area contributed by atoms with Crippen molar-refractivity contribution >= 4 is 27.5 Å². The number of rotatable bonds is 2. The van der Waals surface area contributed by atoms with Crippen LogP contribution < -0.4 is 0 Å². The van der Waals surface area contributed by atoms with E-state index in [1.165, 1.54) is 0 Å². The van der Waals surface area contributed by atoms with Crippen LogP contribution in [0, 0.1) is 0 Å². The molecule has 17 heavy (non-hydrogen) atoms. The van der Waals surface area contributed by atoms with Crippen LogP contribution in [0.4, 0.5) is 0 Å². The molecule has 2 nitrogen and oxygen atoms in total. The van der Waals surface area contributed by atoms with Gasteiger partial charge in [0.1, 0.15) is 5.15 Å². The van der Waals surface area contributed by atoms with Gasteiger partial charge in [-0.1, -0.05) is 53.5 Å². The summed E-state index contributed by atoms with van der Waals surface area (Å²) < 4.78 is 1.03. The van der Waals surface area contributed by atoms with E-state index < -0.39 is 0 Å². The molecule has 0 amide bonds. The third kappa shape index (κ3) is 3.05. The predicted octanol–water partition coefficient (Wildman–Crippen LogP) is 4.68. The minimum atomic E-state index is 0.338. The number of halogens is 2. The van der Waals surface area contributed by atoms with E-state index in [1.54, 1.807) is 0 Å². The maximum absolute atomic E-state index is 6.01. The van der Waals surface area contributed by atoms with Crippen LogP contribution in [-0.4, -0.2) is 9.97 Å². The SMILES string of the molecule is CC(C)c1cc(Cl)nc(-c2ccc(Br)cc2)n1. The first-order valence-corrected chi connectivity index (χ1v) is 6.54. The zero-order chi connectivity index (χ0) is 12.4. The van der Waals surface area contributed by atoms with Crippen molar-refractivity contribution in [3.8, 4) is 11.4 Å². The Morgan fingerprint density at radius 3 is 2.35 bits per heavy atom. The van der Waals surface area contributed by atoms with E-state index in [2.05, 4.69) is 39.7 Å². The standard InChI is InChI=1S/C13H12BrClN2/c1-8(2)11-7-12(15)17-13(16-11)9-3-5-10(14)6-4-9/h3-8H,1-2H3. The van der Waals surface area contributed by atoms with Crippen LogP contribution in [0.5, 0.6) is 0 Å². The summed E-state index contributed by atoms with van der Waals surface area (Å²) >= 11 is 9.42. The van der Waals surface area contributed by atoms with Crippen LogP contribution in [0.15, 0.2) is 34.8 Å². The number of hydrogen-bond acceptors (Lipinski definition) is 2. The van der Waals surface area contributed by atoms with Gasteiger partial charge >= 0.3 is 0 Å². The van der Waals surface area contributed by atoms with Gasteiger partial charge in [-0.2, -0.15) is 0 Å². The molecule has 0 N–H and O–H groups in total. The second-order valence-corrected chi connectivity index (χ2v) is 5.40.